The number of carbonyl (C=O) groups excluding carboxylic acids is 1. The molecule has 0 bridgehead atoms. The lowest BCUT2D eigenvalue weighted by atomic mass is 9.89. The van der Waals surface area contributed by atoms with Crippen molar-refractivity contribution in [2.75, 3.05) is 0 Å². The van der Waals surface area contributed by atoms with Gasteiger partial charge in [-0.25, -0.2) is 9.79 Å². The number of allylic oxidation sites excluding steroid dienone is 1. The molecule has 76 valence electrons. The van der Waals surface area contributed by atoms with Gasteiger partial charge in [0.25, 0.3) is 0 Å². The minimum absolute atomic E-state index is 0.284. The number of hydrogen-bond donors (Lipinski definition) is 0. The van der Waals surface area contributed by atoms with Gasteiger partial charge in [0.05, 0.1) is 0 Å². The minimum Gasteiger partial charge on any atom is -0.407 e. The smallest absolute Gasteiger partial charge is 0.363 e. The largest absolute Gasteiger partial charge is 0.407 e. The van der Waals surface area contributed by atoms with Gasteiger partial charge >= 0.3 is 5.97 Å². The molecule has 0 unspecified atom stereocenters. The molecule has 0 atom stereocenters. The summed E-state index contributed by atoms with van der Waals surface area (Å²) in [5, 5.41) is 0. The first kappa shape index (κ1) is 9.44. The Labute approximate surface area is 83.9 Å². The minimum atomic E-state index is -0.284. The molecule has 3 nitrogen and oxygen atoms in total. The molecular formula is C11H15NO2. The van der Waals surface area contributed by atoms with Crippen molar-refractivity contribution in [2.45, 2.75) is 39.0 Å². The van der Waals surface area contributed by atoms with Crippen molar-refractivity contribution in [1.29, 1.82) is 0 Å². The standard InChI is InChI=1S/C11H15NO2/c1-2-9-11(13)14-10(12-9)8-6-4-3-5-7-8/h2,8H,3-7H2,1H3/b9-2+. The fraction of sp³-hybridized carbons (Fsp3) is 0.636. The predicted molar refractivity (Wildman–Crippen MR) is 53.9 cm³/mol. The lowest BCUT2D eigenvalue weighted by Gasteiger charge is -2.19. The summed E-state index contributed by atoms with van der Waals surface area (Å²) in [7, 11) is 0. The summed E-state index contributed by atoms with van der Waals surface area (Å²) >= 11 is 0. The number of ether oxygens (including phenoxy) is 1. The monoisotopic (exact) mass is 193 g/mol. The molecular weight excluding hydrogens is 178 g/mol. The number of aliphatic imine (C=N–C) groups is 1. The molecule has 0 saturated heterocycles. The third kappa shape index (κ3) is 1.72. The number of esters is 1. The zero-order chi connectivity index (χ0) is 9.97. The zero-order valence-electron chi connectivity index (χ0n) is 8.45. The molecule has 3 heteroatoms. The van der Waals surface area contributed by atoms with Crippen LogP contribution in [0.5, 0.6) is 0 Å². The summed E-state index contributed by atoms with van der Waals surface area (Å²) in [4.78, 5) is 15.5. The highest BCUT2D eigenvalue weighted by molar-refractivity contribution is 6.05. The fourth-order valence-corrected chi connectivity index (χ4v) is 2.04. The van der Waals surface area contributed by atoms with E-state index in [1.54, 1.807) is 6.08 Å². The van der Waals surface area contributed by atoms with Crippen LogP contribution in [0.4, 0.5) is 0 Å². The van der Waals surface area contributed by atoms with Crippen LogP contribution >= 0.6 is 0 Å². The van der Waals surface area contributed by atoms with Gasteiger partial charge in [0, 0.05) is 5.92 Å². The van der Waals surface area contributed by atoms with E-state index >= 15 is 0 Å². The summed E-state index contributed by atoms with van der Waals surface area (Å²) in [5.74, 6) is 0.751. The number of hydrogen-bond acceptors (Lipinski definition) is 3. The predicted octanol–water partition coefficient (Wildman–Crippen LogP) is 2.43. The van der Waals surface area contributed by atoms with Gasteiger partial charge in [-0.05, 0) is 19.8 Å². The highest BCUT2D eigenvalue weighted by Crippen LogP contribution is 2.28. The van der Waals surface area contributed by atoms with Crippen LogP contribution in [-0.2, 0) is 9.53 Å². The normalized spacial score (nSPS) is 26.5. The van der Waals surface area contributed by atoms with Gasteiger partial charge in [0.1, 0.15) is 5.70 Å². The number of nitrogens with zero attached hydrogens (tertiary/aromatic N) is 1. The number of carbonyl (C=O) groups is 1. The molecule has 0 aromatic rings. The number of cyclic esters (lactones) is 1. The van der Waals surface area contributed by atoms with Crippen molar-refractivity contribution >= 4 is 11.9 Å². The highest BCUT2D eigenvalue weighted by atomic mass is 16.6. The van der Waals surface area contributed by atoms with Gasteiger partial charge in [-0.1, -0.05) is 25.3 Å². The summed E-state index contributed by atoms with van der Waals surface area (Å²) in [6.07, 6.45) is 7.69. The van der Waals surface area contributed by atoms with Gasteiger partial charge in [0.2, 0.25) is 5.90 Å². The van der Waals surface area contributed by atoms with Crippen molar-refractivity contribution in [3.05, 3.63) is 11.8 Å². The average Bonchev–Trinajstić information content (AvgIpc) is 2.61. The van der Waals surface area contributed by atoms with E-state index in [1.807, 2.05) is 6.92 Å². The van der Waals surface area contributed by atoms with Crippen molar-refractivity contribution in [1.82, 2.24) is 0 Å². The van der Waals surface area contributed by atoms with Gasteiger partial charge in [-0.2, -0.15) is 0 Å². The molecule has 2 aliphatic rings. The zero-order valence-corrected chi connectivity index (χ0v) is 8.45. The van der Waals surface area contributed by atoms with Crippen LogP contribution in [0.15, 0.2) is 16.8 Å². The second-order valence-electron chi connectivity index (χ2n) is 3.85. The van der Waals surface area contributed by atoms with Gasteiger partial charge in [0.15, 0.2) is 0 Å². The molecule has 1 fully saturated rings. The molecule has 1 aliphatic carbocycles. The van der Waals surface area contributed by atoms with E-state index < -0.39 is 0 Å². The first-order chi connectivity index (χ1) is 6.81. The summed E-state index contributed by atoms with van der Waals surface area (Å²) < 4.78 is 5.15. The van der Waals surface area contributed by atoms with Crippen LogP contribution in [0.1, 0.15) is 39.0 Å². The Hall–Kier alpha value is -1.12. The van der Waals surface area contributed by atoms with Gasteiger partial charge in [-0.3, -0.25) is 0 Å². The van der Waals surface area contributed by atoms with Crippen molar-refractivity contribution in [2.24, 2.45) is 10.9 Å². The molecule has 14 heavy (non-hydrogen) atoms. The first-order valence-corrected chi connectivity index (χ1v) is 5.28. The first-order valence-electron chi connectivity index (χ1n) is 5.28. The second kappa shape index (κ2) is 3.95. The third-order valence-corrected chi connectivity index (χ3v) is 2.86. The summed E-state index contributed by atoms with van der Waals surface area (Å²) in [6, 6.07) is 0. The summed E-state index contributed by atoms with van der Waals surface area (Å²) in [5.41, 5.74) is 0.463. The Morgan fingerprint density at radius 2 is 2.07 bits per heavy atom. The molecule has 0 N–H and O–H groups in total. The van der Waals surface area contributed by atoms with E-state index in [1.165, 1.54) is 19.3 Å². The second-order valence-corrected chi connectivity index (χ2v) is 3.85. The number of rotatable bonds is 1. The maximum absolute atomic E-state index is 11.3. The lowest BCUT2D eigenvalue weighted by Crippen LogP contribution is -2.19. The maximum Gasteiger partial charge on any atom is 0.363 e. The Kier molecular flexibility index (Phi) is 2.66. The maximum atomic E-state index is 11.3. The molecule has 2 rings (SSSR count). The van der Waals surface area contributed by atoms with E-state index in [-0.39, 0.29) is 5.97 Å². The van der Waals surface area contributed by atoms with Gasteiger partial charge < -0.3 is 4.74 Å². The molecule has 1 aliphatic heterocycles. The fourth-order valence-electron chi connectivity index (χ4n) is 2.04. The Bertz CT molecular complexity index is 298. The van der Waals surface area contributed by atoms with E-state index in [4.69, 9.17) is 4.74 Å². The van der Waals surface area contributed by atoms with Crippen LogP contribution in [-0.4, -0.2) is 11.9 Å². The van der Waals surface area contributed by atoms with Crippen LogP contribution in [0.25, 0.3) is 0 Å². The Morgan fingerprint density at radius 1 is 1.36 bits per heavy atom. The van der Waals surface area contributed by atoms with E-state index in [9.17, 15) is 4.79 Å². The van der Waals surface area contributed by atoms with E-state index in [2.05, 4.69) is 4.99 Å². The van der Waals surface area contributed by atoms with Crippen LogP contribution in [0.3, 0.4) is 0 Å². The highest BCUT2D eigenvalue weighted by Gasteiger charge is 2.29. The van der Waals surface area contributed by atoms with Crippen LogP contribution in [0, 0.1) is 5.92 Å². The quantitative estimate of drug-likeness (QED) is 0.474. The molecule has 1 heterocycles. The van der Waals surface area contributed by atoms with Crippen LogP contribution in [0.2, 0.25) is 0 Å². The Morgan fingerprint density at radius 3 is 2.64 bits per heavy atom. The molecule has 1 saturated carbocycles. The average molecular weight is 193 g/mol. The lowest BCUT2D eigenvalue weighted by molar-refractivity contribution is -0.130. The van der Waals surface area contributed by atoms with Crippen LogP contribution < -0.4 is 0 Å². The molecule has 0 amide bonds. The van der Waals surface area contributed by atoms with Crippen molar-refractivity contribution < 1.29 is 9.53 Å². The van der Waals surface area contributed by atoms with E-state index in [0.717, 1.165) is 12.8 Å². The Balaban J connectivity index is 2.08. The third-order valence-electron chi connectivity index (χ3n) is 2.86. The topological polar surface area (TPSA) is 38.7 Å². The molecule has 0 radical (unpaired) electrons. The van der Waals surface area contributed by atoms with Gasteiger partial charge in [-0.15, -0.1) is 0 Å². The SMILES string of the molecule is C/C=C1/N=C(C2CCCCC2)OC1=O. The van der Waals surface area contributed by atoms with E-state index in [0.29, 0.717) is 17.5 Å². The molecule has 0 spiro atoms. The van der Waals surface area contributed by atoms with Crippen molar-refractivity contribution in [3.63, 3.8) is 0 Å². The van der Waals surface area contributed by atoms with Crippen molar-refractivity contribution in [3.8, 4) is 0 Å². The summed E-state index contributed by atoms with van der Waals surface area (Å²) in [6.45, 7) is 1.81. The molecule has 0 aromatic heterocycles. The molecule has 0 aromatic carbocycles.